The molecule has 10 heavy (non-hydrogen) atoms. The zero-order chi connectivity index (χ0) is 8.04. The zero-order valence-corrected chi connectivity index (χ0v) is 8.32. The smallest absolute Gasteiger partial charge is 0.0875 e. The van der Waals surface area contributed by atoms with Crippen LogP contribution in [0.25, 0.3) is 0 Å². The Morgan fingerprint density at radius 3 is 1.50 bits per heavy atom. The van der Waals surface area contributed by atoms with E-state index >= 15 is 0 Å². The molecule has 0 aliphatic rings. The van der Waals surface area contributed by atoms with Gasteiger partial charge in [-0.25, -0.2) is 0 Å². The van der Waals surface area contributed by atoms with Crippen LogP contribution in [0.3, 0.4) is 0 Å². The predicted molar refractivity (Wildman–Crippen MR) is 50.6 cm³/mol. The lowest BCUT2D eigenvalue weighted by atomic mass is 10.3. The van der Waals surface area contributed by atoms with Crippen molar-refractivity contribution in [1.29, 1.82) is 0 Å². The molecule has 0 aromatic heterocycles. The second-order valence-corrected chi connectivity index (χ2v) is 3.18. The Hall–Kier alpha value is 0.310. The Bertz CT molecular complexity index is 71.1. The van der Waals surface area contributed by atoms with Gasteiger partial charge in [0.05, 0.1) is 26.2 Å². The topological polar surface area (TPSA) is 0 Å². The third kappa shape index (κ3) is 2.51. The van der Waals surface area contributed by atoms with Crippen molar-refractivity contribution in [3.8, 4) is 0 Å². The minimum Gasteiger partial charge on any atom is -0.324 e. The molecular formula is C8H20NS+. The molecule has 0 aromatic carbocycles. The highest BCUT2D eigenvalue weighted by molar-refractivity contribution is 7.80. The van der Waals surface area contributed by atoms with Crippen LogP contribution >= 0.6 is 12.6 Å². The summed E-state index contributed by atoms with van der Waals surface area (Å²) in [5.41, 5.74) is 0. The van der Waals surface area contributed by atoms with E-state index in [1.807, 2.05) is 0 Å². The van der Waals surface area contributed by atoms with Gasteiger partial charge in [0.15, 0.2) is 0 Å². The van der Waals surface area contributed by atoms with Crippen molar-refractivity contribution in [3.63, 3.8) is 0 Å². The zero-order valence-electron chi connectivity index (χ0n) is 7.43. The molecular weight excluding hydrogens is 142 g/mol. The summed E-state index contributed by atoms with van der Waals surface area (Å²) in [7, 11) is 0. The lowest BCUT2D eigenvalue weighted by molar-refractivity contribution is -0.920. The van der Waals surface area contributed by atoms with Gasteiger partial charge in [-0.05, 0) is 20.8 Å². The SMILES string of the molecule is CC[N+](CC)(CC)CCS. The van der Waals surface area contributed by atoms with Gasteiger partial charge in [-0.15, -0.1) is 0 Å². The van der Waals surface area contributed by atoms with Crippen LogP contribution in [0, 0.1) is 0 Å². The summed E-state index contributed by atoms with van der Waals surface area (Å²) < 4.78 is 1.23. The average Bonchev–Trinajstić information content (AvgIpc) is 2.01. The first kappa shape index (κ1) is 10.3. The average molecular weight is 162 g/mol. The van der Waals surface area contributed by atoms with Crippen molar-refractivity contribution in [1.82, 2.24) is 0 Å². The first-order valence-electron chi connectivity index (χ1n) is 4.20. The Balaban J connectivity index is 3.87. The van der Waals surface area contributed by atoms with Crippen molar-refractivity contribution < 1.29 is 4.48 Å². The minimum atomic E-state index is 1.01. The quantitative estimate of drug-likeness (QED) is 0.462. The van der Waals surface area contributed by atoms with Crippen molar-refractivity contribution >= 4 is 12.6 Å². The molecule has 0 amide bonds. The summed E-state index contributed by atoms with van der Waals surface area (Å²) in [5, 5.41) is 0. The molecule has 0 spiro atoms. The second kappa shape index (κ2) is 5.03. The Morgan fingerprint density at radius 1 is 1.00 bits per heavy atom. The van der Waals surface area contributed by atoms with Crippen LogP contribution in [0.5, 0.6) is 0 Å². The Kier molecular flexibility index (Phi) is 5.18. The maximum Gasteiger partial charge on any atom is 0.0875 e. The van der Waals surface area contributed by atoms with Gasteiger partial charge in [0.1, 0.15) is 0 Å². The molecule has 0 bridgehead atoms. The van der Waals surface area contributed by atoms with Crippen LogP contribution in [-0.2, 0) is 0 Å². The van der Waals surface area contributed by atoms with Gasteiger partial charge < -0.3 is 4.48 Å². The number of nitrogens with zero attached hydrogens (tertiary/aromatic N) is 1. The fourth-order valence-corrected chi connectivity index (χ4v) is 1.78. The highest BCUT2D eigenvalue weighted by Crippen LogP contribution is 2.04. The second-order valence-electron chi connectivity index (χ2n) is 2.74. The first-order valence-corrected chi connectivity index (χ1v) is 4.83. The summed E-state index contributed by atoms with van der Waals surface area (Å²) in [5.74, 6) is 1.01. The van der Waals surface area contributed by atoms with Crippen molar-refractivity contribution in [2.75, 3.05) is 31.9 Å². The largest absolute Gasteiger partial charge is 0.324 e. The normalized spacial score (nSPS) is 12.0. The molecule has 0 N–H and O–H groups in total. The maximum atomic E-state index is 4.26. The molecule has 0 aromatic rings. The minimum absolute atomic E-state index is 1.01. The van der Waals surface area contributed by atoms with E-state index in [1.54, 1.807) is 0 Å². The number of rotatable bonds is 5. The molecule has 0 unspecified atom stereocenters. The Labute approximate surface area is 70.4 Å². The summed E-state index contributed by atoms with van der Waals surface area (Å²) in [6, 6.07) is 0. The third-order valence-electron chi connectivity index (χ3n) is 2.59. The van der Waals surface area contributed by atoms with Crippen molar-refractivity contribution in [3.05, 3.63) is 0 Å². The standard InChI is InChI=1S/C8H19NS/c1-4-9(5-2,6-3)7-8-10/h4-8H2,1-3H3/p+1. The van der Waals surface area contributed by atoms with Crippen LogP contribution in [0.2, 0.25) is 0 Å². The van der Waals surface area contributed by atoms with Gasteiger partial charge >= 0.3 is 0 Å². The first-order chi connectivity index (χ1) is 4.74. The van der Waals surface area contributed by atoms with Crippen LogP contribution in [0.1, 0.15) is 20.8 Å². The molecule has 0 heterocycles. The van der Waals surface area contributed by atoms with E-state index in [-0.39, 0.29) is 0 Å². The molecule has 0 fully saturated rings. The molecule has 0 aliphatic carbocycles. The van der Waals surface area contributed by atoms with Crippen LogP contribution in [0.4, 0.5) is 0 Å². The van der Waals surface area contributed by atoms with E-state index in [1.165, 1.54) is 30.7 Å². The van der Waals surface area contributed by atoms with Crippen LogP contribution in [0.15, 0.2) is 0 Å². The fraction of sp³-hybridized carbons (Fsp3) is 1.00. The predicted octanol–water partition coefficient (Wildman–Crippen LogP) is 1.79. The monoisotopic (exact) mass is 162 g/mol. The number of thiol groups is 1. The van der Waals surface area contributed by atoms with Gasteiger partial charge in [-0.2, -0.15) is 12.6 Å². The molecule has 0 radical (unpaired) electrons. The van der Waals surface area contributed by atoms with E-state index in [9.17, 15) is 0 Å². The summed E-state index contributed by atoms with van der Waals surface area (Å²) >= 11 is 4.26. The molecule has 0 atom stereocenters. The molecule has 0 saturated carbocycles. The number of quaternary nitrogens is 1. The summed E-state index contributed by atoms with van der Waals surface area (Å²) in [6.45, 7) is 11.7. The van der Waals surface area contributed by atoms with Gasteiger partial charge in [0, 0.05) is 5.75 Å². The van der Waals surface area contributed by atoms with Crippen molar-refractivity contribution in [2.24, 2.45) is 0 Å². The van der Waals surface area contributed by atoms with Gasteiger partial charge in [0.2, 0.25) is 0 Å². The fourth-order valence-electron chi connectivity index (χ4n) is 1.36. The van der Waals surface area contributed by atoms with E-state index in [0.29, 0.717) is 0 Å². The van der Waals surface area contributed by atoms with Crippen LogP contribution in [-0.4, -0.2) is 36.4 Å². The van der Waals surface area contributed by atoms with Crippen LogP contribution < -0.4 is 0 Å². The molecule has 0 aliphatic heterocycles. The van der Waals surface area contributed by atoms with E-state index in [2.05, 4.69) is 33.4 Å². The third-order valence-corrected chi connectivity index (χ3v) is 2.79. The summed E-state index contributed by atoms with van der Waals surface area (Å²) in [6.07, 6.45) is 0. The number of hydrogen-bond donors (Lipinski definition) is 1. The highest BCUT2D eigenvalue weighted by Gasteiger charge is 2.18. The van der Waals surface area contributed by atoms with Gasteiger partial charge in [-0.1, -0.05) is 0 Å². The summed E-state index contributed by atoms with van der Waals surface area (Å²) in [4.78, 5) is 0. The highest BCUT2D eigenvalue weighted by atomic mass is 32.1. The molecule has 1 nitrogen and oxygen atoms in total. The number of hydrogen-bond acceptors (Lipinski definition) is 1. The molecule has 2 heteroatoms. The van der Waals surface area contributed by atoms with E-state index in [4.69, 9.17) is 0 Å². The van der Waals surface area contributed by atoms with E-state index in [0.717, 1.165) is 5.75 Å². The lowest BCUT2D eigenvalue weighted by Crippen LogP contribution is -2.48. The van der Waals surface area contributed by atoms with Gasteiger partial charge in [-0.3, -0.25) is 0 Å². The lowest BCUT2D eigenvalue weighted by Gasteiger charge is -2.35. The maximum absolute atomic E-state index is 4.26. The van der Waals surface area contributed by atoms with Crippen molar-refractivity contribution in [2.45, 2.75) is 20.8 Å². The molecule has 0 saturated heterocycles. The van der Waals surface area contributed by atoms with E-state index < -0.39 is 0 Å². The van der Waals surface area contributed by atoms with Gasteiger partial charge in [0.25, 0.3) is 0 Å². The molecule has 62 valence electrons. The Morgan fingerprint density at radius 2 is 1.40 bits per heavy atom. The molecule has 0 rings (SSSR count).